The average molecular weight is 340 g/mol. The molecule has 0 spiro atoms. The van der Waals surface area contributed by atoms with Crippen LogP contribution in [0.1, 0.15) is 18.4 Å². The van der Waals surface area contributed by atoms with Gasteiger partial charge in [-0.15, -0.1) is 0 Å². The molecule has 0 saturated carbocycles. The summed E-state index contributed by atoms with van der Waals surface area (Å²) >= 11 is 0. The second-order valence-electron chi connectivity index (χ2n) is 5.81. The largest absolute Gasteiger partial charge is 0.381 e. The van der Waals surface area contributed by atoms with Crippen molar-refractivity contribution in [3.05, 3.63) is 59.4 Å². The van der Waals surface area contributed by atoms with Crippen LogP contribution in [0.2, 0.25) is 0 Å². The zero-order chi connectivity index (χ0) is 17.2. The Morgan fingerprint density at radius 3 is 2.12 bits per heavy atom. The third kappa shape index (κ3) is 3.08. The maximum Gasteiger partial charge on any atom is 0.253 e. The van der Waals surface area contributed by atoms with E-state index in [0.717, 1.165) is 5.56 Å². The molecule has 2 heterocycles. The van der Waals surface area contributed by atoms with E-state index in [0.29, 0.717) is 26.1 Å². The minimum atomic E-state index is -1.67. The number of anilines is 1. The molecule has 0 bridgehead atoms. The van der Waals surface area contributed by atoms with Gasteiger partial charge in [0.15, 0.2) is 0 Å². The minimum Gasteiger partial charge on any atom is -0.381 e. The summed E-state index contributed by atoms with van der Waals surface area (Å²) in [7, 11) is 0. The lowest BCUT2D eigenvalue weighted by molar-refractivity contribution is 0.0543. The molecule has 0 radical (unpaired) electrons. The molecular formula is C17H16F4N2O. The van der Waals surface area contributed by atoms with Crippen molar-refractivity contribution in [2.45, 2.75) is 18.3 Å². The van der Waals surface area contributed by atoms with Gasteiger partial charge < -0.3 is 10.1 Å². The number of hydrogen-bond donors (Lipinski definition) is 1. The van der Waals surface area contributed by atoms with E-state index in [9.17, 15) is 17.6 Å². The lowest BCUT2D eigenvalue weighted by Gasteiger charge is -2.38. The van der Waals surface area contributed by atoms with E-state index in [4.69, 9.17) is 4.74 Å². The molecule has 1 N–H and O–H groups in total. The third-order valence-corrected chi connectivity index (χ3v) is 4.44. The van der Waals surface area contributed by atoms with Crippen LogP contribution < -0.4 is 5.32 Å². The highest BCUT2D eigenvalue weighted by atomic mass is 19.2. The van der Waals surface area contributed by atoms with Crippen molar-refractivity contribution < 1.29 is 22.3 Å². The summed E-state index contributed by atoms with van der Waals surface area (Å²) in [5.41, 5.74) is -0.285. The summed E-state index contributed by atoms with van der Waals surface area (Å²) < 4.78 is 59.5. The molecule has 128 valence electrons. The second kappa shape index (κ2) is 6.76. The fraction of sp³-hybridized carbons (Fsp3) is 0.353. The first-order chi connectivity index (χ1) is 11.5. The molecule has 0 amide bonds. The Hall–Kier alpha value is -2.15. The van der Waals surface area contributed by atoms with Gasteiger partial charge in [-0.3, -0.25) is 0 Å². The molecule has 7 heteroatoms. The number of benzene rings is 1. The van der Waals surface area contributed by atoms with Crippen LogP contribution in [-0.4, -0.2) is 24.7 Å². The van der Waals surface area contributed by atoms with Crippen molar-refractivity contribution in [1.82, 2.24) is 4.98 Å². The Kier molecular flexibility index (Phi) is 4.71. The summed E-state index contributed by atoms with van der Waals surface area (Å²) in [5.74, 6) is -6.39. The molecule has 24 heavy (non-hydrogen) atoms. The molecule has 1 aromatic heterocycles. The third-order valence-electron chi connectivity index (χ3n) is 4.44. The van der Waals surface area contributed by atoms with E-state index >= 15 is 0 Å². The van der Waals surface area contributed by atoms with E-state index in [-0.39, 0.29) is 6.54 Å². The highest BCUT2D eigenvalue weighted by Crippen LogP contribution is 2.35. The molecule has 0 unspecified atom stereocenters. The number of rotatable bonds is 4. The first-order valence-electron chi connectivity index (χ1n) is 7.61. The second-order valence-corrected chi connectivity index (χ2v) is 5.81. The van der Waals surface area contributed by atoms with Crippen molar-refractivity contribution in [2.24, 2.45) is 0 Å². The highest BCUT2D eigenvalue weighted by Gasteiger charge is 2.35. The number of hydrogen-bond acceptors (Lipinski definition) is 3. The van der Waals surface area contributed by atoms with Crippen LogP contribution in [0.25, 0.3) is 0 Å². The Bertz CT molecular complexity index is 692. The van der Waals surface area contributed by atoms with Gasteiger partial charge in [-0.25, -0.2) is 0 Å². The monoisotopic (exact) mass is 340 g/mol. The number of ether oxygens (including phenoxy) is 1. The lowest BCUT2D eigenvalue weighted by Crippen LogP contribution is -2.40. The van der Waals surface area contributed by atoms with Crippen LogP contribution >= 0.6 is 0 Å². The van der Waals surface area contributed by atoms with Gasteiger partial charge in [0.2, 0.25) is 11.6 Å². The molecule has 1 aromatic carbocycles. The normalized spacial score (nSPS) is 16.8. The van der Waals surface area contributed by atoms with Gasteiger partial charge in [-0.2, -0.15) is 22.5 Å². The molecule has 0 atom stereocenters. The minimum absolute atomic E-state index is 0.122. The molecule has 1 fully saturated rings. The number of aromatic nitrogens is 1. The van der Waals surface area contributed by atoms with Gasteiger partial charge in [0.05, 0.1) is 0 Å². The Morgan fingerprint density at radius 1 is 0.958 bits per heavy atom. The van der Waals surface area contributed by atoms with Crippen molar-refractivity contribution >= 4 is 5.69 Å². The van der Waals surface area contributed by atoms with Gasteiger partial charge in [-0.05, 0) is 18.4 Å². The fourth-order valence-electron chi connectivity index (χ4n) is 3.02. The topological polar surface area (TPSA) is 34.2 Å². The summed E-state index contributed by atoms with van der Waals surface area (Å²) in [6.07, 6.45) is 1.26. The molecule has 3 nitrogen and oxygen atoms in total. The Morgan fingerprint density at radius 2 is 1.54 bits per heavy atom. The van der Waals surface area contributed by atoms with Crippen LogP contribution in [0.5, 0.6) is 0 Å². The van der Waals surface area contributed by atoms with Gasteiger partial charge in [0, 0.05) is 25.2 Å². The highest BCUT2D eigenvalue weighted by molar-refractivity contribution is 5.46. The van der Waals surface area contributed by atoms with Crippen molar-refractivity contribution in [2.75, 3.05) is 25.1 Å². The van der Waals surface area contributed by atoms with Crippen LogP contribution in [0.3, 0.4) is 0 Å². The smallest absolute Gasteiger partial charge is 0.253 e. The molecular weight excluding hydrogens is 324 g/mol. The number of pyridine rings is 1. The molecule has 0 aliphatic carbocycles. The number of nitrogens with one attached hydrogen (secondary N) is 1. The summed E-state index contributed by atoms with van der Waals surface area (Å²) in [4.78, 5) is 2.56. The molecule has 3 rings (SSSR count). The number of halogens is 4. The van der Waals surface area contributed by atoms with E-state index < -0.39 is 34.6 Å². The molecule has 1 aliphatic heterocycles. The van der Waals surface area contributed by atoms with E-state index in [1.807, 2.05) is 30.3 Å². The van der Waals surface area contributed by atoms with E-state index in [1.165, 1.54) is 0 Å². The Balaban J connectivity index is 1.91. The zero-order valence-electron chi connectivity index (χ0n) is 12.8. The summed E-state index contributed by atoms with van der Waals surface area (Å²) in [5, 5.41) is 2.55. The van der Waals surface area contributed by atoms with Crippen molar-refractivity contribution in [3.63, 3.8) is 0 Å². The molecule has 2 aromatic rings. The number of nitrogens with zero attached hydrogens (tertiary/aromatic N) is 1. The van der Waals surface area contributed by atoms with Crippen LogP contribution in [0.15, 0.2) is 30.3 Å². The summed E-state index contributed by atoms with van der Waals surface area (Å²) in [6, 6.07) is 9.47. The quantitative estimate of drug-likeness (QED) is 0.679. The maximum absolute atomic E-state index is 13.8. The van der Waals surface area contributed by atoms with Crippen LogP contribution in [0.4, 0.5) is 23.2 Å². The average Bonchev–Trinajstić information content (AvgIpc) is 2.61. The first-order valence-corrected chi connectivity index (χ1v) is 7.61. The lowest BCUT2D eigenvalue weighted by atomic mass is 9.74. The van der Waals surface area contributed by atoms with Crippen molar-refractivity contribution in [3.8, 4) is 0 Å². The predicted molar refractivity (Wildman–Crippen MR) is 80.7 cm³/mol. The van der Waals surface area contributed by atoms with E-state index in [2.05, 4.69) is 10.3 Å². The molecule has 1 aliphatic rings. The van der Waals surface area contributed by atoms with Crippen LogP contribution in [0, 0.1) is 23.5 Å². The molecule has 1 saturated heterocycles. The summed E-state index contributed by atoms with van der Waals surface area (Å²) in [6.45, 7) is 1.12. The van der Waals surface area contributed by atoms with Gasteiger partial charge in [0.1, 0.15) is 5.69 Å². The fourth-order valence-corrected chi connectivity index (χ4v) is 3.02. The van der Waals surface area contributed by atoms with Gasteiger partial charge in [-0.1, -0.05) is 30.3 Å². The van der Waals surface area contributed by atoms with Gasteiger partial charge >= 0.3 is 0 Å². The van der Waals surface area contributed by atoms with Crippen LogP contribution in [-0.2, 0) is 10.2 Å². The predicted octanol–water partition coefficient (Wildman–Crippen LogP) is 3.80. The standard InChI is InChI=1S/C17H16F4N2O/c18-12-14(13(19)16(21)23-15(12)20)22-10-17(6-8-24-9-7-17)11-4-2-1-3-5-11/h1-5H,6-10H2,(H,22,23). The van der Waals surface area contributed by atoms with Crippen molar-refractivity contribution in [1.29, 1.82) is 0 Å². The maximum atomic E-state index is 13.8. The zero-order valence-corrected chi connectivity index (χ0v) is 12.8. The van der Waals surface area contributed by atoms with Gasteiger partial charge in [0.25, 0.3) is 11.9 Å². The SMILES string of the molecule is Fc1nc(F)c(F)c(NCC2(c3ccccc3)CCOCC2)c1F. The first kappa shape index (κ1) is 16.7. The Labute approximate surface area is 136 Å². The van der Waals surface area contributed by atoms with E-state index in [1.54, 1.807) is 0 Å².